The van der Waals surface area contributed by atoms with Crippen molar-refractivity contribution in [2.75, 3.05) is 7.11 Å². The van der Waals surface area contributed by atoms with Gasteiger partial charge in [-0.3, -0.25) is 0 Å². The number of ether oxygens (including phenoxy) is 2. The number of benzene rings is 2. The standard InChI is InChI=1S/C14H11BrF2O2/c1-18-13-4-2-3-9(14(13)17)8-19-12-6-5-10(16)7-11(12)15/h2-7H,8H2,1H3. The van der Waals surface area contributed by atoms with Crippen molar-refractivity contribution < 1.29 is 18.3 Å². The maximum absolute atomic E-state index is 13.9. The molecule has 0 saturated heterocycles. The minimum Gasteiger partial charge on any atom is -0.494 e. The molecule has 0 N–H and O–H groups in total. The molecule has 5 heteroatoms. The van der Waals surface area contributed by atoms with E-state index in [9.17, 15) is 8.78 Å². The maximum atomic E-state index is 13.9. The molecule has 0 atom stereocenters. The van der Waals surface area contributed by atoms with E-state index in [2.05, 4.69) is 15.9 Å². The Morgan fingerprint density at radius 3 is 2.58 bits per heavy atom. The van der Waals surface area contributed by atoms with Crippen molar-refractivity contribution in [1.29, 1.82) is 0 Å². The molecule has 0 fully saturated rings. The first kappa shape index (κ1) is 13.8. The Hall–Kier alpha value is -1.62. The van der Waals surface area contributed by atoms with Crippen LogP contribution < -0.4 is 9.47 Å². The quantitative estimate of drug-likeness (QED) is 0.832. The Bertz CT molecular complexity index is 588. The lowest BCUT2D eigenvalue weighted by Gasteiger charge is -2.10. The van der Waals surface area contributed by atoms with Crippen molar-refractivity contribution in [3.63, 3.8) is 0 Å². The lowest BCUT2D eigenvalue weighted by atomic mass is 10.2. The van der Waals surface area contributed by atoms with Crippen molar-refractivity contribution in [2.45, 2.75) is 6.61 Å². The molecule has 0 amide bonds. The SMILES string of the molecule is COc1cccc(COc2ccc(F)cc2Br)c1F. The van der Waals surface area contributed by atoms with Crippen LogP contribution in [0.1, 0.15) is 5.56 Å². The summed E-state index contributed by atoms with van der Waals surface area (Å²) in [5.74, 6) is -0.210. The normalized spacial score (nSPS) is 10.3. The predicted molar refractivity (Wildman–Crippen MR) is 71.4 cm³/mol. The molecule has 100 valence electrons. The summed E-state index contributed by atoms with van der Waals surface area (Å²) >= 11 is 3.18. The van der Waals surface area contributed by atoms with E-state index < -0.39 is 5.82 Å². The van der Waals surface area contributed by atoms with Crippen LogP contribution in [0.2, 0.25) is 0 Å². The summed E-state index contributed by atoms with van der Waals surface area (Å²) in [6, 6.07) is 8.87. The van der Waals surface area contributed by atoms with Crippen molar-refractivity contribution in [2.24, 2.45) is 0 Å². The van der Waals surface area contributed by atoms with Crippen LogP contribution in [0, 0.1) is 11.6 Å². The Balaban J connectivity index is 2.14. The molecule has 0 unspecified atom stereocenters. The lowest BCUT2D eigenvalue weighted by molar-refractivity contribution is 0.293. The fourth-order valence-corrected chi connectivity index (χ4v) is 2.04. The zero-order chi connectivity index (χ0) is 13.8. The second-order valence-corrected chi connectivity index (χ2v) is 4.65. The van der Waals surface area contributed by atoms with Gasteiger partial charge in [-0.05, 0) is 40.2 Å². The van der Waals surface area contributed by atoms with E-state index in [0.717, 1.165) is 0 Å². The number of halogens is 3. The highest BCUT2D eigenvalue weighted by molar-refractivity contribution is 9.10. The van der Waals surface area contributed by atoms with Crippen LogP contribution in [0.5, 0.6) is 11.5 Å². The maximum Gasteiger partial charge on any atom is 0.171 e. The highest BCUT2D eigenvalue weighted by Crippen LogP contribution is 2.27. The summed E-state index contributed by atoms with van der Waals surface area (Å²) in [7, 11) is 1.40. The third-order valence-corrected chi connectivity index (χ3v) is 3.16. The highest BCUT2D eigenvalue weighted by Gasteiger charge is 2.10. The predicted octanol–water partition coefficient (Wildman–Crippen LogP) is 4.31. The minimum absolute atomic E-state index is 0.0350. The number of hydrogen-bond donors (Lipinski definition) is 0. The van der Waals surface area contributed by atoms with E-state index in [1.807, 2.05) is 0 Å². The Morgan fingerprint density at radius 1 is 1.11 bits per heavy atom. The monoisotopic (exact) mass is 328 g/mol. The van der Waals surface area contributed by atoms with Gasteiger partial charge < -0.3 is 9.47 Å². The highest BCUT2D eigenvalue weighted by atomic mass is 79.9. The zero-order valence-electron chi connectivity index (χ0n) is 10.1. The van der Waals surface area contributed by atoms with Crippen LogP contribution in [-0.4, -0.2) is 7.11 Å². The summed E-state index contributed by atoms with van der Waals surface area (Å²) in [5.41, 5.74) is 0.371. The molecule has 2 aromatic carbocycles. The molecule has 2 aromatic rings. The molecule has 0 aliphatic carbocycles. The van der Waals surface area contributed by atoms with E-state index in [1.165, 1.54) is 31.4 Å². The minimum atomic E-state index is -0.455. The molecule has 19 heavy (non-hydrogen) atoms. The van der Waals surface area contributed by atoms with Gasteiger partial charge in [-0.25, -0.2) is 8.78 Å². The molecule has 2 rings (SSSR count). The van der Waals surface area contributed by atoms with E-state index in [1.54, 1.807) is 12.1 Å². The van der Waals surface area contributed by atoms with Gasteiger partial charge in [0, 0.05) is 5.56 Å². The molecule has 2 nitrogen and oxygen atoms in total. The van der Waals surface area contributed by atoms with Crippen LogP contribution in [0.25, 0.3) is 0 Å². The first-order valence-corrected chi connectivity index (χ1v) is 6.30. The third-order valence-electron chi connectivity index (χ3n) is 2.54. The molecule has 0 aromatic heterocycles. The van der Waals surface area contributed by atoms with E-state index in [4.69, 9.17) is 9.47 Å². The van der Waals surface area contributed by atoms with Gasteiger partial charge in [0.2, 0.25) is 0 Å². The Morgan fingerprint density at radius 2 is 1.89 bits per heavy atom. The molecule has 0 bridgehead atoms. The van der Waals surface area contributed by atoms with Crippen molar-refractivity contribution in [3.05, 3.63) is 58.1 Å². The van der Waals surface area contributed by atoms with Gasteiger partial charge in [0.15, 0.2) is 11.6 Å². The topological polar surface area (TPSA) is 18.5 Å². The van der Waals surface area contributed by atoms with E-state index in [0.29, 0.717) is 15.8 Å². The van der Waals surface area contributed by atoms with Crippen LogP contribution in [0.3, 0.4) is 0 Å². The fraction of sp³-hybridized carbons (Fsp3) is 0.143. The fourth-order valence-electron chi connectivity index (χ4n) is 1.57. The lowest BCUT2D eigenvalue weighted by Crippen LogP contribution is -2.01. The van der Waals surface area contributed by atoms with Crippen LogP contribution in [0.4, 0.5) is 8.78 Å². The summed E-state index contributed by atoms with van der Waals surface area (Å²) in [4.78, 5) is 0. The Kier molecular flexibility index (Phi) is 4.37. The molecular formula is C14H11BrF2O2. The Labute approximate surface area is 118 Å². The summed E-state index contributed by atoms with van der Waals surface area (Å²) in [5, 5.41) is 0. The summed E-state index contributed by atoms with van der Waals surface area (Å²) in [6.07, 6.45) is 0. The second-order valence-electron chi connectivity index (χ2n) is 3.80. The van der Waals surface area contributed by atoms with E-state index >= 15 is 0 Å². The number of hydrogen-bond acceptors (Lipinski definition) is 2. The van der Waals surface area contributed by atoms with Gasteiger partial charge in [0.25, 0.3) is 0 Å². The third kappa shape index (κ3) is 3.23. The molecule has 0 aliphatic rings. The summed E-state index contributed by atoms with van der Waals surface area (Å²) < 4.78 is 37.6. The number of rotatable bonds is 4. The van der Waals surface area contributed by atoms with Crippen molar-refractivity contribution >= 4 is 15.9 Å². The molecule has 0 spiro atoms. The average Bonchev–Trinajstić information content (AvgIpc) is 2.39. The zero-order valence-corrected chi connectivity index (χ0v) is 11.7. The van der Waals surface area contributed by atoms with Crippen molar-refractivity contribution in [3.8, 4) is 11.5 Å². The van der Waals surface area contributed by atoms with Crippen LogP contribution in [-0.2, 0) is 6.61 Å². The molecule has 0 radical (unpaired) electrons. The summed E-state index contributed by atoms with van der Waals surface area (Å²) in [6.45, 7) is 0.0350. The number of methoxy groups -OCH3 is 1. The van der Waals surface area contributed by atoms with Crippen LogP contribution in [0.15, 0.2) is 40.9 Å². The van der Waals surface area contributed by atoms with Crippen molar-refractivity contribution in [1.82, 2.24) is 0 Å². The van der Waals surface area contributed by atoms with Gasteiger partial charge in [-0.2, -0.15) is 0 Å². The molecule has 0 saturated carbocycles. The molecular weight excluding hydrogens is 318 g/mol. The van der Waals surface area contributed by atoms with Gasteiger partial charge in [-0.1, -0.05) is 12.1 Å². The van der Waals surface area contributed by atoms with Gasteiger partial charge in [0.05, 0.1) is 11.6 Å². The molecule has 0 aliphatic heterocycles. The van der Waals surface area contributed by atoms with Gasteiger partial charge >= 0.3 is 0 Å². The van der Waals surface area contributed by atoms with E-state index in [-0.39, 0.29) is 18.2 Å². The van der Waals surface area contributed by atoms with Gasteiger partial charge in [-0.15, -0.1) is 0 Å². The molecule has 0 heterocycles. The van der Waals surface area contributed by atoms with Crippen LogP contribution >= 0.6 is 15.9 Å². The first-order chi connectivity index (χ1) is 9.11. The largest absolute Gasteiger partial charge is 0.494 e. The second kappa shape index (κ2) is 6.02. The smallest absolute Gasteiger partial charge is 0.171 e. The van der Waals surface area contributed by atoms with Gasteiger partial charge in [0.1, 0.15) is 18.2 Å². The first-order valence-electron chi connectivity index (χ1n) is 5.51. The average molecular weight is 329 g/mol.